The molecule has 0 heterocycles. The third-order valence-electron chi connectivity index (χ3n) is 2.30. The van der Waals surface area contributed by atoms with Crippen LogP contribution in [0.5, 0.6) is 5.75 Å². The minimum absolute atomic E-state index is 0.0807. The molecule has 0 fully saturated rings. The summed E-state index contributed by atoms with van der Waals surface area (Å²) in [4.78, 5) is 0. The molecular formula is C15H20N2O. The Morgan fingerprint density at radius 3 is 2.44 bits per heavy atom. The molecule has 0 spiro atoms. The van der Waals surface area contributed by atoms with E-state index in [-0.39, 0.29) is 5.54 Å². The van der Waals surface area contributed by atoms with Crippen LogP contribution < -0.4 is 10.1 Å². The van der Waals surface area contributed by atoms with E-state index in [0.29, 0.717) is 12.2 Å². The fraction of sp³-hybridized carbons (Fsp3) is 0.400. The van der Waals surface area contributed by atoms with Crippen LogP contribution in [0.1, 0.15) is 26.3 Å². The molecule has 0 aliphatic rings. The summed E-state index contributed by atoms with van der Waals surface area (Å²) < 4.78 is 5.58. The first kappa shape index (κ1) is 14.3. The molecule has 0 atom stereocenters. The van der Waals surface area contributed by atoms with Crippen LogP contribution in [0.3, 0.4) is 0 Å². The van der Waals surface area contributed by atoms with Gasteiger partial charge in [0.1, 0.15) is 12.4 Å². The first-order valence-electron chi connectivity index (χ1n) is 5.95. The van der Waals surface area contributed by atoms with Gasteiger partial charge in [0, 0.05) is 12.1 Å². The Morgan fingerprint density at radius 2 is 1.94 bits per heavy atom. The maximum atomic E-state index is 8.68. The van der Waals surface area contributed by atoms with E-state index in [1.54, 1.807) is 24.3 Å². The van der Waals surface area contributed by atoms with Crippen LogP contribution in [-0.2, 0) is 0 Å². The topological polar surface area (TPSA) is 45.0 Å². The lowest BCUT2D eigenvalue weighted by molar-refractivity contribution is 0.341. The molecule has 0 bridgehead atoms. The Kier molecular flexibility index (Phi) is 4.94. The number of rotatable bonds is 5. The number of ether oxygens (including phenoxy) is 1. The van der Waals surface area contributed by atoms with E-state index < -0.39 is 0 Å². The highest BCUT2D eigenvalue weighted by atomic mass is 16.5. The highest BCUT2D eigenvalue weighted by molar-refractivity contribution is 5.34. The van der Waals surface area contributed by atoms with Crippen molar-refractivity contribution in [2.24, 2.45) is 0 Å². The number of nitriles is 1. The quantitative estimate of drug-likeness (QED) is 0.810. The van der Waals surface area contributed by atoms with Crippen molar-refractivity contribution in [3.05, 3.63) is 42.0 Å². The van der Waals surface area contributed by atoms with Crippen LogP contribution >= 0.6 is 0 Å². The highest BCUT2D eigenvalue weighted by Crippen LogP contribution is 2.12. The maximum Gasteiger partial charge on any atom is 0.119 e. The SMILES string of the molecule is C=C(CNC(C)(C)C)COc1ccc(C#N)cc1. The summed E-state index contributed by atoms with van der Waals surface area (Å²) in [6.07, 6.45) is 0. The zero-order valence-corrected chi connectivity index (χ0v) is 11.3. The molecule has 0 aromatic heterocycles. The van der Waals surface area contributed by atoms with Crippen molar-refractivity contribution in [1.82, 2.24) is 5.32 Å². The Bertz CT molecular complexity index is 435. The third-order valence-corrected chi connectivity index (χ3v) is 2.30. The standard InChI is InChI=1S/C15H20N2O/c1-12(10-17-15(2,3)4)11-18-14-7-5-13(9-16)6-8-14/h5-8,17H,1,10-11H2,2-4H3. The fourth-order valence-electron chi connectivity index (χ4n) is 1.25. The molecule has 3 nitrogen and oxygen atoms in total. The van der Waals surface area contributed by atoms with Crippen molar-refractivity contribution in [3.8, 4) is 11.8 Å². The van der Waals surface area contributed by atoms with E-state index >= 15 is 0 Å². The zero-order valence-electron chi connectivity index (χ0n) is 11.3. The summed E-state index contributed by atoms with van der Waals surface area (Å²) in [6, 6.07) is 9.15. The van der Waals surface area contributed by atoms with Gasteiger partial charge in [0.15, 0.2) is 0 Å². The Hall–Kier alpha value is -1.79. The third kappa shape index (κ3) is 5.51. The van der Waals surface area contributed by atoms with Gasteiger partial charge in [-0.2, -0.15) is 5.26 Å². The molecule has 1 rings (SSSR count). The molecule has 3 heteroatoms. The molecule has 1 aromatic rings. The monoisotopic (exact) mass is 244 g/mol. The van der Waals surface area contributed by atoms with Gasteiger partial charge in [-0.25, -0.2) is 0 Å². The second-order valence-corrected chi connectivity index (χ2v) is 5.28. The zero-order chi connectivity index (χ0) is 13.6. The number of nitrogens with one attached hydrogen (secondary N) is 1. The van der Waals surface area contributed by atoms with Crippen LogP contribution in [-0.4, -0.2) is 18.7 Å². The van der Waals surface area contributed by atoms with Crippen LogP contribution in [0.4, 0.5) is 0 Å². The van der Waals surface area contributed by atoms with E-state index in [1.165, 1.54) is 0 Å². The van der Waals surface area contributed by atoms with Gasteiger partial charge in [0.2, 0.25) is 0 Å². The molecule has 0 saturated carbocycles. The molecule has 0 unspecified atom stereocenters. The van der Waals surface area contributed by atoms with Gasteiger partial charge >= 0.3 is 0 Å². The lowest BCUT2D eigenvalue weighted by atomic mass is 10.1. The summed E-state index contributed by atoms with van der Waals surface area (Å²) in [5, 5.41) is 12.0. The summed E-state index contributed by atoms with van der Waals surface area (Å²) in [7, 11) is 0. The van der Waals surface area contributed by atoms with Gasteiger partial charge in [-0.05, 0) is 50.6 Å². The predicted molar refractivity (Wildman–Crippen MR) is 73.5 cm³/mol. The number of hydrogen-bond acceptors (Lipinski definition) is 3. The average Bonchev–Trinajstić information content (AvgIpc) is 2.33. The van der Waals surface area contributed by atoms with E-state index in [4.69, 9.17) is 10.00 Å². The van der Waals surface area contributed by atoms with Crippen LogP contribution in [0.2, 0.25) is 0 Å². The first-order valence-corrected chi connectivity index (χ1v) is 5.95. The van der Waals surface area contributed by atoms with Gasteiger partial charge in [-0.3, -0.25) is 0 Å². The molecule has 96 valence electrons. The minimum Gasteiger partial charge on any atom is -0.489 e. The summed E-state index contributed by atoms with van der Waals surface area (Å²) in [5.74, 6) is 0.755. The van der Waals surface area contributed by atoms with Gasteiger partial charge in [-0.15, -0.1) is 0 Å². The largest absolute Gasteiger partial charge is 0.489 e. The number of benzene rings is 1. The van der Waals surface area contributed by atoms with Crippen LogP contribution in [0.25, 0.3) is 0 Å². The Labute approximate surface area is 109 Å². The smallest absolute Gasteiger partial charge is 0.119 e. The molecule has 1 N–H and O–H groups in total. The lowest BCUT2D eigenvalue weighted by Gasteiger charge is -2.21. The van der Waals surface area contributed by atoms with Gasteiger partial charge in [0.05, 0.1) is 11.6 Å². The lowest BCUT2D eigenvalue weighted by Crippen LogP contribution is -2.37. The Balaban J connectivity index is 2.36. The van der Waals surface area contributed by atoms with Gasteiger partial charge in [0.25, 0.3) is 0 Å². The van der Waals surface area contributed by atoms with Gasteiger partial charge in [-0.1, -0.05) is 6.58 Å². The summed E-state index contributed by atoms with van der Waals surface area (Å²) >= 11 is 0. The first-order chi connectivity index (χ1) is 8.40. The van der Waals surface area contributed by atoms with E-state index in [9.17, 15) is 0 Å². The van der Waals surface area contributed by atoms with Crippen molar-refractivity contribution in [2.75, 3.05) is 13.2 Å². The van der Waals surface area contributed by atoms with E-state index in [0.717, 1.165) is 17.9 Å². The molecule has 0 amide bonds. The minimum atomic E-state index is 0.0807. The summed E-state index contributed by atoms with van der Waals surface area (Å²) in [6.45, 7) is 11.5. The van der Waals surface area contributed by atoms with E-state index in [2.05, 4.69) is 38.7 Å². The second-order valence-electron chi connectivity index (χ2n) is 5.28. The van der Waals surface area contributed by atoms with E-state index in [1.807, 2.05) is 0 Å². The van der Waals surface area contributed by atoms with Crippen molar-refractivity contribution >= 4 is 0 Å². The average molecular weight is 244 g/mol. The molecule has 0 radical (unpaired) electrons. The molecule has 0 aliphatic heterocycles. The molecular weight excluding hydrogens is 224 g/mol. The number of nitrogens with zero attached hydrogens (tertiary/aromatic N) is 1. The Morgan fingerprint density at radius 1 is 1.33 bits per heavy atom. The predicted octanol–water partition coefficient (Wildman–Crippen LogP) is 2.88. The molecule has 1 aromatic carbocycles. The molecule has 18 heavy (non-hydrogen) atoms. The summed E-state index contributed by atoms with van der Waals surface area (Å²) in [5.41, 5.74) is 1.71. The van der Waals surface area contributed by atoms with Gasteiger partial charge < -0.3 is 10.1 Å². The number of hydrogen-bond donors (Lipinski definition) is 1. The highest BCUT2D eigenvalue weighted by Gasteiger charge is 2.08. The van der Waals surface area contributed by atoms with Crippen molar-refractivity contribution in [2.45, 2.75) is 26.3 Å². The van der Waals surface area contributed by atoms with Crippen LogP contribution in [0.15, 0.2) is 36.4 Å². The maximum absolute atomic E-state index is 8.68. The van der Waals surface area contributed by atoms with Crippen molar-refractivity contribution in [3.63, 3.8) is 0 Å². The van der Waals surface area contributed by atoms with Crippen LogP contribution in [0, 0.1) is 11.3 Å². The molecule has 0 saturated heterocycles. The fourth-order valence-corrected chi connectivity index (χ4v) is 1.25. The van der Waals surface area contributed by atoms with Crippen molar-refractivity contribution in [1.29, 1.82) is 5.26 Å². The molecule has 0 aliphatic carbocycles. The van der Waals surface area contributed by atoms with Crippen molar-refractivity contribution < 1.29 is 4.74 Å². The second kappa shape index (κ2) is 6.23. The normalized spacial score (nSPS) is 10.8.